The summed E-state index contributed by atoms with van der Waals surface area (Å²) in [6.45, 7) is 4.85. The van der Waals surface area contributed by atoms with Crippen molar-refractivity contribution >= 4 is 20.7 Å². The lowest BCUT2D eigenvalue weighted by molar-refractivity contribution is -0.151. The molecule has 13 nitrogen and oxygen atoms in total. The van der Waals surface area contributed by atoms with Crippen molar-refractivity contribution in [3.8, 4) is 12.3 Å². The maximum Gasteiger partial charge on any atom is 0.407 e. The number of ether oxygens (including phenoxy) is 4. The molecule has 1 fully saturated rings. The number of methoxy groups -OCH3 is 1. The molecule has 1 aliphatic heterocycles. The fourth-order valence-corrected chi connectivity index (χ4v) is 4.16. The normalized spacial score (nSPS) is 24.3. The van der Waals surface area contributed by atoms with Gasteiger partial charge in [-0.05, 0) is 27.2 Å². The van der Waals surface area contributed by atoms with Crippen LogP contribution in [0.2, 0.25) is 0 Å². The second-order valence-corrected chi connectivity index (χ2v) is 8.89. The molecular weight excluding hydrogens is 497 g/mol. The lowest BCUT2D eigenvalue weighted by Crippen LogP contribution is -2.45. The summed E-state index contributed by atoms with van der Waals surface area (Å²) in [6, 6.07) is 0.0643. The number of aromatic nitrogens is 2. The number of H-pyrrole nitrogens is 1. The molecule has 5 atom stereocenters. The van der Waals surface area contributed by atoms with Crippen molar-refractivity contribution in [1.82, 2.24) is 14.9 Å². The number of terminal acetylenes is 1. The molecule has 0 saturated carbocycles. The van der Waals surface area contributed by atoms with Gasteiger partial charge in [0.15, 0.2) is 12.3 Å². The number of nitrogens with zero attached hydrogens (tertiary/aromatic N) is 1. The summed E-state index contributed by atoms with van der Waals surface area (Å²) in [4.78, 5) is 50.0. The van der Waals surface area contributed by atoms with Crippen molar-refractivity contribution in [3.63, 3.8) is 0 Å². The van der Waals surface area contributed by atoms with E-state index in [0.717, 1.165) is 7.11 Å². The summed E-state index contributed by atoms with van der Waals surface area (Å²) in [5, 5.41) is 2.36. The van der Waals surface area contributed by atoms with E-state index in [1.165, 1.54) is 16.8 Å². The highest BCUT2D eigenvalue weighted by atomic mass is 31.1. The molecule has 36 heavy (non-hydrogen) atoms. The molecule has 0 unspecified atom stereocenters. The van der Waals surface area contributed by atoms with Crippen LogP contribution in [0.15, 0.2) is 21.9 Å². The smallest absolute Gasteiger partial charge is 0.407 e. The van der Waals surface area contributed by atoms with Crippen LogP contribution in [-0.4, -0.2) is 66.8 Å². The van der Waals surface area contributed by atoms with Gasteiger partial charge in [-0.25, -0.2) is 18.9 Å². The molecule has 198 valence electrons. The average molecular weight is 527 g/mol. The number of amides is 1. The Labute approximate surface area is 209 Å². The van der Waals surface area contributed by atoms with E-state index in [4.69, 9.17) is 25.2 Å². The number of alkyl carbamates (subject to hydrolysis) is 1. The van der Waals surface area contributed by atoms with Crippen molar-refractivity contribution in [1.29, 1.82) is 0 Å². The molecule has 0 aromatic carbocycles. The maximum absolute atomic E-state index is 12.4. The molecule has 0 aliphatic carbocycles. The van der Waals surface area contributed by atoms with Crippen LogP contribution >= 0.6 is 8.69 Å². The predicted octanol–water partition coefficient (Wildman–Crippen LogP) is 0.996. The Morgan fingerprint density at radius 2 is 2.11 bits per heavy atom. The third-order valence-corrected chi connectivity index (χ3v) is 5.97. The van der Waals surface area contributed by atoms with Crippen LogP contribution in [0.5, 0.6) is 0 Å². The average Bonchev–Trinajstić information content (AvgIpc) is 3.10. The predicted molar refractivity (Wildman–Crippen MR) is 125 cm³/mol. The van der Waals surface area contributed by atoms with Crippen molar-refractivity contribution in [2.75, 3.05) is 26.9 Å². The quantitative estimate of drug-likeness (QED) is 0.173. The second-order valence-electron chi connectivity index (χ2n) is 8.49. The van der Waals surface area contributed by atoms with Crippen LogP contribution in [0.4, 0.5) is 4.79 Å². The molecular formula is C22H30N3O10P. The van der Waals surface area contributed by atoms with Gasteiger partial charge in [0.2, 0.25) is 0 Å². The van der Waals surface area contributed by atoms with Gasteiger partial charge in [0, 0.05) is 24.8 Å². The summed E-state index contributed by atoms with van der Waals surface area (Å²) < 4.78 is 38.5. The minimum atomic E-state index is -1.11. The number of carbonyl (C=O) groups is 2. The van der Waals surface area contributed by atoms with Gasteiger partial charge in [-0.15, -0.1) is 6.42 Å². The van der Waals surface area contributed by atoms with Gasteiger partial charge in [0.05, 0.1) is 37.9 Å². The maximum atomic E-state index is 12.4. The van der Waals surface area contributed by atoms with Gasteiger partial charge in [0.1, 0.15) is 0 Å². The summed E-state index contributed by atoms with van der Waals surface area (Å²) in [6.07, 6.45) is 4.61. The van der Waals surface area contributed by atoms with Crippen LogP contribution in [0, 0.1) is 23.7 Å². The topological polar surface area (TPSA) is 164 Å². The molecule has 1 amide bonds. The number of rotatable bonds is 12. The molecule has 2 rings (SSSR count). The largest absolute Gasteiger partial charge is 0.461 e. The second kappa shape index (κ2) is 13.3. The van der Waals surface area contributed by atoms with Crippen molar-refractivity contribution in [3.05, 3.63) is 33.1 Å². The lowest BCUT2D eigenvalue weighted by atomic mass is 9.74. The zero-order valence-electron chi connectivity index (χ0n) is 20.4. The van der Waals surface area contributed by atoms with Gasteiger partial charge in [0.25, 0.3) is 5.56 Å². The van der Waals surface area contributed by atoms with Crippen LogP contribution < -0.4 is 16.6 Å². The standard InChI is InChI=1S/C22H30N3O10P/c1-6-22(4)14(8-10-32-11-15(23-21(29)31-5)18(27)34-13(2)3)16(12-33-36-30)35-19(22)25-9-7-17(26)24-20(25)28/h1,7,9,13-16,19H,8,10-12H2,2-5H3,(H,23,29)(H,24,26,28)/t14-,15+,16-,19-,22-/m1/s1. The summed E-state index contributed by atoms with van der Waals surface area (Å²) >= 11 is 0. The summed E-state index contributed by atoms with van der Waals surface area (Å²) in [5.41, 5.74) is -2.33. The van der Waals surface area contributed by atoms with Crippen LogP contribution in [-0.2, 0) is 32.8 Å². The SMILES string of the molecule is C#C[C@]1(C)[C@H](CCOC[C@H](NC(=O)OC)C(=O)OC(C)C)[C@@H](COP=O)O[C@H]1n1ccc(=O)[nH]c1=O. The Morgan fingerprint density at radius 3 is 2.69 bits per heavy atom. The van der Waals surface area contributed by atoms with Gasteiger partial charge < -0.3 is 24.3 Å². The monoisotopic (exact) mass is 527 g/mol. The summed E-state index contributed by atoms with van der Waals surface area (Å²) in [5.74, 6) is 1.56. The first-order chi connectivity index (χ1) is 17.1. The molecule has 2 N–H and O–H groups in total. The van der Waals surface area contributed by atoms with Crippen molar-refractivity contribution in [2.24, 2.45) is 11.3 Å². The summed E-state index contributed by atoms with van der Waals surface area (Å²) in [7, 11) is 0.605. The van der Waals surface area contributed by atoms with Gasteiger partial charge in [-0.1, -0.05) is 5.92 Å². The lowest BCUT2D eigenvalue weighted by Gasteiger charge is -2.31. The molecule has 14 heteroatoms. The van der Waals surface area contributed by atoms with E-state index < -0.39 is 67.8 Å². The Bertz CT molecular complexity index is 1080. The molecule has 1 aromatic heterocycles. The van der Waals surface area contributed by atoms with E-state index in [1.54, 1.807) is 20.8 Å². The molecule has 0 bridgehead atoms. The van der Waals surface area contributed by atoms with E-state index >= 15 is 0 Å². The van der Waals surface area contributed by atoms with Gasteiger partial charge in [-0.2, -0.15) is 0 Å². The Morgan fingerprint density at radius 1 is 1.39 bits per heavy atom. The minimum absolute atomic E-state index is 0.0818. The highest BCUT2D eigenvalue weighted by Gasteiger charge is 2.53. The van der Waals surface area contributed by atoms with E-state index in [0.29, 0.717) is 6.42 Å². The fourth-order valence-electron chi connectivity index (χ4n) is 3.96. The number of nitrogens with one attached hydrogen (secondary N) is 2. The van der Waals surface area contributed by atoms with Gasteiger partial charge >= 0.3 is 26.4 Å². The first-order valence-corrected chi connectivity index (χ1v) is 11.8. The van der Waals surface area contributed by atoms with E-state index in [9.17, 15) is 23.7 Å². The molecule has 1 aliphatic rings. The van der Waals surface area contributed by atoms with Crippen molar-refractivity contribution in [2.45, 2.75) is 51.7 Å². The highest BCUT2D eigenvalue weighted by molar-refractivity contribution is 7.17. The number of hydrogen-bond donors (Lipinski definition) is 2. The Balaban J connectivity index is 2.17. The minimum Gasteiger partial charge on any atom is -0.461 e. The van der Waals surface area contributed by atoms with Crippen molar-refractivity contribution < 1.29 is 37.6 Å². The van der Waals surface area contributed by atoms with Gasteiger partial charge in [-0.3, -0.25) is 18.9 Å². The first-order valence-electron chi connectivity index (χ1n) is 11.1. The third-order valence-electron chi connectivity index (χ3n) is 5.71. The van der Waals surface area contributed by atoms with Crippen LogP contribution in [0.3, 0.4) is 0 Å². The van der Waals surface area contributed by atoms with E-state index in [-0.39, 0.29) is 19.8 Å². The Hall–Kier alpha value is -3.04. The number of esters is 1. The van der Waals surface area contributed by atoms with E-state index in [2.05, 4.69) is 21.0 Å². The molecule has 0 spiro atoms. The van der Waals surface area contributed by atoms with Crippen LogP contribution in [0.1, 0.15) is 33.4 Å². The number of carbonyl (C=O) groups excluding carboxylic acids is 2. The Kier molecular flexibility index (Phi) is 10.8. The highest BCUT2D eigenvalue weighted by Crippen LogP contribution is 2.50. The zero-order chi connectivity index (χ0) is 26.9. The molecule has 1 aromatic rings. The molecule has 2 heterocycles. The van der Waals surface area contributed by atoms with E-state index in [1.807, 2.05) is 0 Å². The molecule has 1 saturated heterocycles. The first kappa shape index (κ1) is 29.2. The van der Waals surface area contributed by atoms with Crippen LogP contribution in [0.25, 0.3) is 0 Å². The third kappa shape index (κ3) is 7.24. The fraction of sp³-hybridized carbons (Fsp3) is 0.636. The molecule has 0 radical (unpaired) electrons. The zero-order valence-corrected chi connectivity index (χ0v) is 21.3. The number of hydrogen-bond acceptors (Lipinski definition) is 10. The number of aromatic amines is 1.